The van der Waals surface area contributed by atoms with Crippen molar-refractivity contribution < 1.29 is 4.79 Å². The van der Waals surface area contributed by atoms with Crippen molar-refractivity contribution in [3.8, 4) is 0 Å². The normalized spacial score (nSPS) is 12.1. The van der Waals surface area contributed by atoms with E-state index in [1.807, 2.05) is 19.2 Å². The van der Waals surface area contributed by atoms with E-state index in [1.54, 1.807) is 17.9 Å². The van der Waals surface area contributed by atoms with Crippen molar-refractivity contribution in [1.29, 1.82) is 0 Å². The van der Waals surface area contributed by atoms with Gasteiger partial charge in [0.15, 0.2) is 5.13 Å². The van der Waals surface area contributed by atoms with Gasteiger partial charge in [0.05, 0.1) is 6.54 Å². The molecule has 1 unspecified atom stereocenters. The SMILES string of the molecule is CNc1nc(N)c(C(=O)NC(C)Cn2cccn2)s1. The number of amides is 1. The first-order chi connectivity index (χ1) is 9.10. The van der Waals surface area contributed by atoms with Gasteiger partial charge < -0.3 is 16.4 Å². The fourth-order valence-corrected chi connectivity index (χ4v) is 2.37. The predicted molar refractivity (Wildman–Crippen MR) is 75.2 cm³/mol. The smallest absolute Gasteiger partial charge is 0.265 e. The third kappa shape index (κ3) is 3.22. The van der Waals surface area contributed by atoms with E-state index in [-0.39, 0.29) is 17.8 Å². The average Bonchev–Trinajstić information content (AvgIpc) is 2.98. The molecule has 102 valence electrons. The second kappa shape index (κ2) is 5.70. The number of nitrogens with zero attached hydrogens (tertiary/aromatic N) is 3. The van der Waals surface area contributed by atoms with Crippen molar-refractivity contribution >= 4 is 28.2 Å². The number of carbonyl (C=O) groups is 1. The fraction of sp³-hybridized carbons (Fsp3) is 0.364. The first kappa shape index (κ1) is 13.3. The van der Waals surface area contributed by atoms with Gasteiger partial charge >= 0.3 is 0 Å². The summed E-state index contributed by atoms with van der Waals surface area (Å²) in [5.41, 5.74) is 5.71. The molecule has 1 atom stereocenters. The molecule has 0 saturated carbocycles. The number of nitrogen functional groups attached to an aromatic ring is 1. The molecule has 2 heterocycles. The zero-order valence-electron chi connectivity index (χ0n) is 10.8. The van der Waals surface area contributed by atoms with Crippen LogP contribution in [0.1, 0.15) is 16.6 Å². The molecule has 0 aliphatic carbocycles. The van der Waals surface area contributed by atoms with Gasteiger partial charge in [-0.1, -0.05) is 11.3 Å². The van der Waals surface area contributed by atoms with Crippen molar-refractivity contribution in [2.45, 2.75) is 19.5 Å². The molecule has 0 bridgehead atoms. The zero-order valence-corrected chi connectivity index (χ0v) is 11.6. The maximum atomic E-state index is 12.1. The van der Waals surface area contributed by atoms with E-state index in [0.29, 0.717) is 16.6 Å². The molecule has 2 aromatic heterocycles. The van der Waals surface area contributed by atoms with Crippen LogP contribution in [0.25, 0.3) is 0 Å². The molecule has 0 aliphatic heterocycles. The van der Waals surface area contributed by atoms with Crippen LogP contribution in [0, 0.1) is 0 Å². The summed E-state index contributed by atoms with van der Waals surface area (Å²) in [7, 11) is 1.74. The Balaban J connectivity index is 1.98. The second-order valence-corrected chi connectivity index (χ2v) is 5.09. The molecule has 7 nitrogen and oxygen atoms in total. The maximum absolute atomic E-state index is 12.1. The van der Waals surface area contributed by atoms with Crippen molar-refractivity contribution in [2.24, 2.45) is 0 Å². The number of nitrogens with one attached hydrogen (secondary N) is 2. The number of carbonyl (C=O) groups excluding carboxylic acids is 1. The minimum atomic E-state index is -0.212. The molecule has 2 rings (SSSR count). The van der Waals surface area contributed by atoms with E-state index < -0.39 is 0 Å². The molecule has 4 N–H and O–H groups in total. The monoisotopic (exact) mass is 280 g/mol. The highest BCUT2D eigenvalue weighted by atomic mass is 32.1. The van der Waals surface area contributed by atoms with Gasteiger partial charge in [0.2, 0.25) is 0 Å². The Kier molecular flexibility index (Phi) is 4.00. The van der Waals surface area contributed by atoms with E-state index >= 15 is 0 Å². The summed E-state index contributed by atoms with van der Waals surface area (Å²) in [5, 5.41) is 10.5. The summed E-state index contributed by atoms with van der Waals surface area (Å²) in [5.74, 6) is 0.0364. The minimum Gasteiger partial charge on any atom is -0.382 e. The van der Waals surface area contributed by atoms with Crippen LogP contribution >= 0.6 is 11.3 Å². The van der Waals surface area contributed by atoms with Crippen LogP contribution in [0.4, 0.5) is 10.9 Å². The highest BCUT2D eigenvalue weighted by Gasteiger charge is 2.17. The topological polar surface area (TPSA) is 97.9 Å². The lowest BCUT2D eigenvalue weighted by molar-refractivity contribution is 0.0941. The molecule has 0 spiro atoms. The van der Waals surface area contributed by atoms with E-state index in [1.165, 1.54) is 11.3 Å². The number of anilines is 2. The Hall–Kier alpha value is -2.09. The van der Waals surface area contributed by atoms with Gasteiger partial charge in [-0.25, -0.2) is 4.98 Å². The number of thiazole rings is 1. The highest BCUT2D eigenvalue weighted by molar-refractivity contribution is 7.18. The number of hydrogen-bond donors (Lipinski definition) is 3. The van der Waals surface area contributed by atoms with Gasteiger partial charge in [0.25, 0.3) is 5.91 Å². The summed E-state index contributed by atoms with van der Waals surface area (Å²) in [4.78, 5) is 16.5. The van der Waals surface area contributed by atoms with Gasteiger partial charge in [-0.2, -0.15) is 5.10 Å². The molecule has 19 heavy (non-hydrogen) atoms. The van der Waals surface area contributed by atoms with E-state index in [9.17, 15) is 4.79 Å². The lowest BCUT2D eigenvalue weighted by atomic mass is 10.3. The van der Waals surface area contributed by atoms with Crippen molar-refractivity contribution in [1.82, 2.24) is 20.1 Å². The van der Waals surface area contributed by atoms with Gasteiger partial charge in [-0.15, -0.1) is 0 Å². The minimum absolute atomic E-state index is 0.0491. The van der Waals surface area contributed by atoms with Crippen LogP contribution in [0.5, 0.6) is 0 Å². The Labute approximate surface area is 114 Å². The molecular formula is C11H16N6OS. The first-order valence-electron chi connectivity index (χ1n) is 5.82. The number of hydrogen-bond acceptors (Lipinski definition) is 6. The summed E-state index contributed by atoms with van der Waals surface area (Å²) in [6, 6.07) is 1.79. The van der Waals surface area contributed by atoms with E-state index in [0.717, 1.165) is 0 Å². The number of rotatable bonds is 5. The predicted octanol–water partition coefficient (Wildman–Crippen LogP) is 0.782. The van der Waals surface area contributed by atoms with Gasteiger partial charge in [0.1, 0.15) is 10.7 Å². The maximum Gasteiger partial charge on any atom is 0.265 e. The van der Waals surface area contributed by atoms with Crippen LogP contribution in [0.15, 0.2) is 18.5 Å². The van der Waals surface area contributed by atoms with Crippen LogP contribution in [-0.2, 0) is 6.54 Å². The molecule has 8 heteroatoms. The van der Waals surface area contributed by atoms with Crippen LogP contribution in [0.2, 0.25) is 0 Å². The quantitative estimate of drug-likeness (QED) is 0.752. The Morgan fingerprint density at radius 1 is 1.63 bits per heavy atom. The molecule has 2 aromatic rings. The van der Waals surface area contributed by atoms with E-state index in [4.69, 9.17) is 5.73 Å². The third-order valence-corrected chi connectivity index (χ3v) is 3.56. The van der Waals surface area contributed by atoms with Crippen LogP contribution in [0.3, 0.4) is 0 Å². The van der Waals surface area contributed by atoms with Crippen LogP contribution in [-0.4, -0.2) is 33.8 Å². The fourth-order valence-electron chi connectivity index (χ4n) is 1.63. The van der Waals surface area contributed by atoms with Crippen molar-refractivity contribution in [3.05, 3.63) is 23.3 Å². The average molecular weight is 280 g/mol. The Bertz CT molecular complexity index is 550. The van der Waals surface area contributed by atoms with Crippen LogP contribution < -0.4 is 16.4 Å². The molecule has 0 saturated heterocycles. The molecule has 0 aromatic carbocycles. The van der Waals surface area contributed by atoms with Crippen molar-refractivity contribution in [2.75, 3.05) is 18.1 Å². The summed E-state index contributed by atoms with van der Waals surface area (Å²) in [6.07, 6.45) is 3.55. The lowest BCUT2D eigenvalue weighted by Gasteiger charge is -2.13. The van der Waals surface area contributed by atoms with Gasteiger partial charge in [0, 0.05) is 25.5 Å². The van der Waals surface area contributed by atoms with E-state index in [2.05, 4.69) is 20.7 Å². The largest absolute Gasteiger partial charge is 0.382 e. The van der Waals surface area contributed by atoms with Crippen molar-refractivity contribution in [3.63, 3.8) is 0 Å². The Morgan fingerprint density at radius 3 is 3.00 bits per heavy atom. The molecule has 0 radical (unpaired) electrons. The lowest BCUT2D eigenvalue weighted by Crippen LogP contribution is -2.35. The van der Waals surface area contributed by atoms with Gasteiger partial charge in [-0.3, -0.25) is 9.48 Å². The molecule has 0 fully saturated rings. The summed E-state index contributed by atoms with van der Waals surface area (Å²) < 4.78 is 1.76. The second-order valence-electron chi connectivity index (χ2n) is 4.09. The summed E-state index contributed by atoms with van der Waals surface area (Å²) >= 11 is 1.24. The first-order valence-corrected chi connectivity index (χ1v) is 6.64. The molecule has 0 aliphatic rings. The zero-order chi connectivity index (χ0) is 13.8. The highest BCUT2D eigenvalue weighted by Crippen LogP contribution is 2.24. The number of nitrogens with two attached hydrogens (primary N) is 1. The number of aromatic nitrogens is 3. The molecular weight excluding hydrogens is 264 g/mol. The van der Waals surface area contributed by atoms with Gasteiger partial charge in [-0.05, 0) is 13.0 Å². The standard InChI is InChI=1S/C11H16N6OS/c1-7(6-17-5-3-4-14-17)15-10(18)8-9(12)16-11(13-2)19-8/h3-5,7H,6,12H2,1-2H3,(H,13,16)(H,15,18). The third-order valence-electron chi connectivity index (χ3n) is 2.47. The Morgan fingerprint density at radius 2 is 2.42 bits per heavy atom. The summed E-state index contributed by atoms with van der Waals surface area (Å²) in [6.45, 7) is 2.52. The molecule has 1 amide bonds.